The van der Waals surface area contributed by atoms with Gasteiger partial charge in [-0.15, -0.1) is 0 Å². The van der Waals surface area contributed by atoms with E-state index in [0.717, 1.165) is 6.42 Å². The number of nitrogens with one attached hydrogen (secondary N) is 1. The molecule has 3 heterocycles. The fourth-order valence-electron chi connectivity index (χ4n) is 4.97. The van der Waals surface area contributed by atoms with E-state index in [2.05, 4.69) is 5.32 Å². The summed E-state index contributed by atoms with van der Waals surface area (Å²) in [4.78, 5) is 52.4. The summed E-state index contributed by atoms with van der Waals surface area (Å²) in [5.74, 6) is -3.32. The van der Waals surface area contributed by atoms with Crippen LogP contribution in [0.1, 0.15) is 31.7 Å². The predicted octanol–water partition coefficient (Wildman–Crippen LogP) is -0.290. The molecule has 0 radical (unpaired) electrons. The van der Waals surface area contributed by atoms with Gasteiger partial charge in [0.2, 0.25) is 23.3 Å². The topological polar surface area (TPSA) is 126 Å². The molecule has 28 heavy (non-hydrogen) atoms. The van der Waals surface area contributed by atoms with E-state index in [0.29, 0.717) is 29.2 Å². The molecular formula is C19H22ClN4O4+. The van der Waals surface area contributed by atoms with Gasteiger partial charge in [-0.3, -0.25) is 24.1 Å². The first kappa shape index (κ1) is 18.9. The van der Waals surface area contributed by atoms with E-state index in [1.807, 2.05) is 6.92 Å². The molecule has 0 unspecified atom stereocenters. The summed E-state index contributed by atoms with van der Waals surface area (Å²) in [7, 11) is 0. The third-order valence-corrected chi connectivity index (χ3v) is 6.43. The smallest absolute Gasteiger partial charge is 0.291 e. The van der Waals surface area contributed by atoms with Crippen molar-refractivity contribution in [3.05, 3.63) is 28.8 Å². The standard InChI is InChI=1S/C19H21ClN4O4/c1-2-3-7-24-16(26)13-11(8-12(21)25)23-19(14(13)17(24)27)9-5-4-6-10(20)15(9)22-18(19)28/h4-6,11,13-14,23H,2-3,7-8H2,1H3,(H2,21,25)(H,22,28)/p+1/t11-,13+,14-,19+/m0/s1. The number of nitrogens with zero attached hydrogens (tertiary/aromatic N) is 1. The molecule has 1 aromatic rings. The van der Waals surface area contributed by atoms with Crippen molar-refractivity contribution in [2.75, 3.05) is 11.9 Å². The Morgan fingerprint density at radius 3 is 2.75 bits per heavy atom. The van der Waals surface area contributed by atoms with Crippen LogP contribution in [0.3, 0.4) is 0 Å². The normalized spacial score (nSPS) is 30.7. The van der Waals surface area contributed by atoms with E-state index in [1.165, 1.54) is 4.90 Å². The van der Waals surface area contributed by atoms with E-state index in [4.69, 9.17) is 17.3 Å². The predicted molar refractivity (Wildman–Crippen MR) is 99.9 cm³/mol. The van der Waals surface area contributed by atoms with Gasteiger partial charge in [-0.25, -0.2) is 0 Å². The number of likely N-dealkylation sites (tertiary alicyclic amines) is 1. The molecule has 148 valence electrons. The van der Waals surface area contributed by atoms with E-state index < -0.39 is 35.2 Å². The molecule has 1 spiro atoms. The minimum Gasteiger partial charge on any atom is -0.369 e. The average Bonchev–Trinajstić information content (AvgIpc) is 3.20. The molecule has 9 heteroatoms. The molecule has 5 N–H and O–H groups in total. The molecule has 4 rings (SSSR count). The van der Waals surface area contributed by atoms with Crippen molar-refractivity contribution in [3.63, 3.8) is 0 Å². The van der Waals surface area contributed by atoms with Gasteiger partial charge < -0.3 is 16.4 Å². The lowest BCUT2D eigenvalue weighted by Gasteiger charge is -2.26. The van der Waals surface area contributed by atoms with Gasteiger partial charge in [-0.2, -0.15) is 0 Å². The molecule has 3 aliphatic heterocycles. The molecule has 3 aliphatic rings. The minimum atomic E-state index is -1.32. The Bertz CT molecular complexity index is 904. The maximum atomic E-state index is 13.3. The Hall–Kier alpha value is -2.45. The number of unbranched alkanes of at least 4 members (excludes halogenated alkanes) is 1. The molecule has 0 bridgehead atoms. The van der Waals surface area contributed by atoms with Crippen LogP contribution in [0, 0.1) is 11.8 Å². The van der Waals surface area contributed by atoms with Gasteiger partial charge in [-0.1, -0.05) is 31.0 Å². The molecule has 0 saturated carbocycles. The highest BCUT2D eigenvalue weighted by Crippen LogP contribution is 2.50. The summed E-state index contributed by atoms with van der Waals surface area (Å²) in [6.45, 7) is 2.28. The number of quaternary nitrogens is 1. The van der Waals surface area contributed by atoms with Crippen LogP contribution >= 0.6 is 11.6 Å². The first-order valence-electron chi connectivity index (χ1n) is 9.43. The molecule has 8 nitrogen and oxygen atoms in total. The molecule has 2 fully saturated rings. The number of carbonyl (C=O) groups is 4. The number of imide groups is 1. The number of hydrogen-bond donors (Lipinski definition) is 3. The Labute approximate surface area is 166 Å². The number of hydrogen-bond acceptors (Lipinski definition) is 4. The number of nitrogens with two attached hydrogens (primary N) is 2. The first-order valence-corrected chi connectivity index (χ1v) is 9.80. The van der Waals surface area contributed by atoms with Crippen LogP contribution in [0.4, 0.5) is 5.69 Å². The summed E-state index contributed by atoms with van der Waals surface area (Å²) in [5, 5.41) is 4.82. The second-order valence-electron chi connectivity index (χ2n) is 7.67. The molecule has 2 saturated heterocycles. The minimum absolute atomic E-state index is 0.0905. The number of benzene rings is 1. The second-order valence-corrected chi connectivity index (χ2v) is 8.08. The van der Waals surface area contributed by atoms with Crippen LogP contribution in [-0.2, 0) is 24.7 Å². The summed E-state index contributed by atoms with van der Waals surface area (Å²) in [6.07, 6.45) is 1.42. The number of carbonyl (C=O) groups excluding carboxylic acids is 4. The highest BCUT2D eigenvalue weighted by Gasteiger charge is 2.74. The zero-order valence-electron chi connectivity index (χ0n) is 15.4. The van der Waals surface area contributed by atoms with Gasteiger partial charge in [0.05, 0.1) is 17.1 Å². The fraction of sp³-hybridized carbons (Fsp3) is 0.474. The number of amides is 4. The summed E-state index contributed by atoms with van der Waals surface area (Å²) in [5.41, 5.74) is 5.11. The van der Waals surface area contributed by atoms with Crippen LogP contribution < -0.4 is 16.4 Å². The van der Waals surface area contributed by atoms with Gasteiger partial charge in [0.25, 0.3) is 5.91 Å². The molecule has 1 aromatic carbocycles. The van der Waals surface area contributed by atoms with E-state index in [9.17, 15) is 19.2 Å². The Kier molecular flexibility index (Phi) is 4.43. The van der Waals surface area contributed by atoms with Crippen LogP contribution in [0.5, 0.6) is 0 Å². The summed E-state index contributed by atoms with van der Waals surface area (Å²) >= 11 is 6.26. The molecule has 0 aromatic heterocycles. The van der Waals surface area contributed by atoms with Gasteiger partial charge in [-0.05, 0) is 18.6 Å². The van der Waals surface area contributed by atoms with Crippen LogP contribution in [0.2, 0.25) is 5.02 Å². The Morgan fingerprint density at radius 1 is 1.32 bits per heavy atom. The fourth-order valence-corrected chi connectivity index (χ4v) is 5.19. The molecule has 4 atom stereocenters. The number of rotatable bonds is 5. The number of fused-ring (bicyclic) bond motifs is 4. The van der Waals surface area contributed by atoms with Crippen molar-refractivity contribution in [2.24, 2.45) is 17.6 Å². The molecule has 4 amide bonds. The zero-order valence-corrected chi connectivity index (χ0v) is 16.2. The third-order valence-electron chi connectivity index (χ3n) is 6.12. The lowest BCUT2D eigenvalue weighted by atomic mass is 9.76. The SMILES string of the molecule is CCCCN1C(=O)[C@@H]2[C@H](CC(N)=O)[NH2+][C@@]3(C(=O)Nc4c(Cl)cccc43)[C@@H]2C1=O. The zero-order chi connectivity index (χ0) is 20.2. The lowest BCUT2D eigenvalue weighted by Crippen LogP contribution is -2.99. The highest BCUT2D eigenvalue weighted by atomic mass is 35.5. The van der Waals surface area contributed by atoms with Crippen LogP contribution in [-0.4, -0.2) is 41.1 Å². The van der Waals surface area contributed by atoms with Crippen molar-refractivity contribution < 1.29 is 24.5 Å². The van der Waals surface area contributed by atoms with E-state index in [1.54, 1.807) is 23.5 Å². The quantitative estimate of drug-likeness (QED) is 0.582. The van der Waals surface area contributed by atoms with Gasteiger partial charge in [0, 0.05) is 12.1 Å². The van der Waals surface area contributed by atoms with Gasteiger partial charge in [0.1, 0.15) is 17.9 Å². The Balaban J connectivity index is 1.85. The highest BCUT2D eigenvalue weighted by molar-refractivity contribution is 6.35. The first-order chi connectivity index (χ1) is 13.3. The maximum Gasteiger partial charge on any atom is 0.291 e. The molecular weight excluding hydrogens is 384 g/mol. The molecule has 0 aliphatic carbocycles. The lowest BCUT2D eigenvalue weighted by molar-refractivity contribution is -0.732. The number of primary amides is 1. The van der Waals surface area contributed by atoms with Crippen molar-refractivity contribution in [1.82, 2.24) is 4.90 Å². The van der Waals surface area contributed by atoms with E-state index in [-0.39, 0.29) is 18.2 Å². The second kappa shape index (κ2) is 6.56. The number of halogens is 1. The van der Waals surface area contributed by atoms with Crippen molar-refractivity contribution >= 4 is 40.9 Å². The van der Waals surface area contributed by atoms with Gasteiger partial charge >= 0.3 is 0 Å². The summed E-state index contributed by atoms with van der Waals surface area (Å²) < 4.78 is 0. The third kappa shape index (κ3) is 2.41. The van der Waals surface area contributed by atoms with Crippen LogP contribution in [0.15, 0.2) is 18.2 Å². The number of para-hydroxylation sites is 1. The van der Waals surface area contributed by atoms with Gasteiger partial charge in [0.15, 0.2) is 0 Å². The van der Waals surface area contributed by atoms with Crippen molar-refractivity contribution in [1.29, 1.82) is 0 Å². The van der Waals surface area contributed by atoms with Crippen molar-refractivity contribution in [3.8, 4) is 0 Å². The largest absolute Gasteiger partial charge is 0.369 e. The maximum absolute atomic E-state index is 13.3. The Morgan fingerprint density at radius 2 is 2.07 bits per heavy atom. The monoisotopic (exact) mass is 405 g/mol. The number of anilines is 1. The average molecular weight is 406 g/mol. The summed E-state index contributed by atoms with van der Waals surface area (Å²) in [6, 6.07) is 4.53. The van der Waals surface area contributed by atoms with E-state index >= 15 is 0 Å². The van der Waals surface area contributed by atoms with Crippen LogP contribution in [0.25, 0.3) is 0 Å². The van der Waals surface area contributed by atoms with Crippen molar-refractivity contribution in [2.45, 2.75) is 37.8 Å².